The summed E-state index contributed by atoms with van der Waals surface area (Å²) in [6.07, 6.45) is -0.871. The molecule has 3 amide bonds. The number of benzene rings is 3. The third kappa shape index (κ3) is 4.47. The zero-order chi connectivity index (χ0) is 24.6. The first-order valence-electron chi connectivity index (χ1n) is 11.9. The Labute approximate surface area is 203 Å². The quantitative estimate of drug-likeness (QED) is 0.535. The summed E-state index contributed by atoms with van der Waals surface area (Å²) in [6, 6.07) is 19.6. The van der Waals surface area contributed by atoms with Crippen molar-refractivity contribution in [2.24, 2.45) is 0 Å². The number of fused-ring (bicyclic) bond motifs is 1. The number of aliphatic hydroxyl groups is 1. The first kappa shape index (κ1) is 23.3. The third-order valence-corrected chi connectivity index (χ3v) is 7.04. The average Bonchev–Trinajstić information content (AvgIpc) is 3.08. The van der Waals surface area contributed by atoms with Crippen LogP contribution in [0.25, 0.3) is 10.8 Å². The molecule has 5 rings (SSSR count). The lowest BCUT2D eigenvalue weighted by molar-refractivity contribution is -0.132. The molecule has 0 bridgehead atoms. The lowest BCUT2D eigenvalue weighted by Gasteiger charge is -2.37. The molecule has 35 heavy (non-hydrogen) atoms. The number of rotatable bonds is 6. The molecule has 0 aromatic heterocycles. The van der Waals surface area contributed by atoms with E-state index in [2.05, 4.69) is 51.5 Å². The van der Waals surface area contributed by atoms with E-state index in [0.717, 1.165) is 31.1 Å². The fourth-order valence-corrected chi connectivity index (χ4v) is 5.06. The van der Waals surface area contributed by atoms with Crippen LogP contribution in [-0.4, -0.2) is 72.2 Å². The van der Waals surface area contributed by atoms with Crippen molar-refractivity contribution < 1.29 is 19.1 Å². The molecule has 3 aromatic rings. The summed E-state index contributed by atoms with van der Waals surface area (Å²) < 4.78 is 13.3. The molecule has 2 aliphatic heterocycles. The number of carbonyl (C=O) groups excluding carboxylic acids is 2. The fourth-order valence-electron chi connectivity index (χ4n) is 5.06. The Hall–Kier alpha value is -3.49. The van der Waals surface area contributed by atoms with Gasteiger partial charge in [-0.05, 0) is 36.1 Å². The maximum absolute atomic E-state index is 13.3. The van der Waals surface area contributed by atoms with Gasteiger partial charge in [-0.1, -0.05) is 48.5 Å². The largest absolute Gasteiger partial charge is 0.390 e. The van der Waals surface area contributed by atoms with E-state index in [9.17, 15) is 19.1 Å². The maximum atomic E-state index is 13.3. The van der Waals surface area contributed by atoms with E-state index < -0.39 is 29.4 Å². The summed E-state index contributed by atoms with van der Waals surface area (Å²) in [6.45, 7) is 5.07. The summed E-state index contributed by atoms with van der Waals surface area (Å²) in [5.74, 6) is -0.865. The van der Waals surface area contributed by atoms with Gasteiger partial charge < -0.3 is 15.3 Å². The molecule has 2 aliphatic rings. The molecule has 2 fully saturated rings. The number of β-amino-alcohol motifs (C(OH)–C–C–N with tert-alkyl or cyclic N) is 1. The molecule has 3 aromatic carbocycles. The second kappa shape index (κ2) is 9.28. The number of piperazine rings is 1. The van der Waals surface area contributed by atoms with E-state index in [1.54, 1.807) is 6.92 Å². The van der Waals surface area contributed by atoms with Crippen molar-refractivity contribution in [2.75, 3.05) is 44.2 Å². The minimum atomic E-state index is -1.28. The normalized spacial score (nSPS) is 22.0. The lowest BCUT2D eigenvalue weighted by atomic mass is 9.92. The van der Waals surface area contributed by atoms with E-state index in [0.29, 0.717) is 12.1 Å². The molecular formula is C27H29FN4O3. The predicted molar refractivity (Wildman–Crippen MR) is 133 cm³/mol. The van der Waals surface area contributed by atoms with Crippen LogP contribution in [0.3, 0.4) is 0 Å². The molecule has 7 nitrogen and oxygen atoms in total. The van der Waals surface area contributed by atoms with Crippen molar-refractivity contribution in [3.63, 3.8) is 0 Å². The zero-order valence-electron chi connectivity index (χ0n) is 19.7. The Balaban J connectivity index is 1.18. The van der Waals surface area contributed by atoms with Gasteiger partial charge >= 0.3 is 6.03 Å². The maximum Gasteiger partial charge on any atom is 0.325 e. The zero-order valence-corrected chi connectivity index (χ0v) is 19.7. The van der Waals surface area contributed by atoms with Gasteiger partial charge in [0.2, 0.25) is 0 Å². The molecule has 8 heteroatoms. The molecule has 2 saturated heterocycles. The van der Waals surface area contributed by atoms with Crippen LogP contribution >= 0.6 is 0 Å². The smallest absolute Gasteiger partial charge is 0.325 e. The van der Waals surface area contributed by atoms with Gasteiger partial charge in [-0.2, -0.15) is 0 Å². The molecule has 0 radical (unpaired) electrons. The molecule has 0 spiro atoms. The molecule has 182 valence electrons. The van der Waals surface area contributed by atoms with Crippen molar-refractivity contribution >= 4 is 28.4 Å². The van der Waals surface area contributed by atoms with E-state index >= 15 is 0 Å². The Morgan fingerprint density at radius 1 is 0.943 bits per heavy atom. The van der Waals surface area contributed by atoms with Gasteiger partial charge in [0, 0.05) is 43.8 Å². The fraction of sp³-hybridized carbons (Fsp3) is 0.333. The Morgan fingerprint density at radius 3 is 2.37 bits per heavy atom. The third-order valence-electron chi connectivity index (χ3n) is 7.04. The first-order valence-corrected chi connectivity index (χ1v) is 11.9. The van der Waals surface area contributed by atoms with Crippen LogP contribution in [0.4, 0.5) is 14.9 Å². The average molecular weight is 477 g/mol. The minimum Gasteiger partial charge on any atom is -0.390 e. The summed E-state index contributed by atoms with van der Waals surface area (Å²) in [7, 11) is 0. The summed E-state index contributed by atoms with van der Waals surface area (Å²) in [5, 5.41) is 15.9. The highest BCUT2D eigenvalue weighted by Gasteiger charge is 2.49. The Morgan fingerprint density at radius 2 is 1.63 bits per heavy atom. The Kier molecular flexibility index (Phi) is 6.17. The van der Waals surface area contributed by atoms with Gasteiger partial charge in [0.25, 0.3) is 5.91 Å². The van der Waals surface area contributed by atoms with Crippen LogP contribution in [0.15, 0.2) is 66.7 Å². The number of carbonyl (C=O) groups is 2. The number of urea groups is 1. The van der Waals surface area contributed by atoms with Crippen LogP contribution in [0.5, 0.6) is 0 Å². The number of amides is 3. The highest BCUT2D eigenvalue weighted by Crippen LogP contribution is 2.30. The van der Waals surface area contributed by atoms with Crippen LogP contribution in [-0.2, 0) is 10.3 Å². The van der Waals surface area contributed by atoms with Crippen LogP contribution in [0, 0.1) is 5.82 Å². The second-order valence-electron chi connectivity index (χ2n) is 9.42. The number of halogens is 1. The molecule has 0 aliphatic carbocycles. The van der Waals surface area contributed by atoms with Gasteiger partial charge in [0.15, 0.2) is 0 Å². The second-order valence-corrected chi connectivity index (χ2v) is 9.42. The number of nitrogens with one attached hydrogen (secondary N) is 1. The van der Waals surface area contributed by atoms with Crippen molar-refractivity contribution in [1.82, 2.24) is 15.1 Å². The molecule has 2 heterocycles. The molecule has 2 unspecified atom stereocenters. The summed E-state index contributed by atoms with van der Waals surface area (Å²) in [4.78, 5) is 31.2. The number of nitrogens with zero attached hydrogens (tertiary/aromatic N) is 3. The minimum absolute atomic E-state index is 0.0923. The predicted octanol–water partition coefficient (Wildman–Crippen LogP) is 2.93. The molecule has 0 saturated carbocycles. The number of hydrogen-bond acceptors (Lipinski definition) is 5. The van der Waals surface area contributed by atoms with Crippen LogP contribution in [0.1, 0.15) is 12.5 Å². The van der Waals surface area contributed by atoms with E-state index in [4.69, 9.17) is 0 Å². The van der Waals surface area contributed by atoms with Crippen LogP contribution < -0.4 is 10.2 Å². The monoisotopic (exact) mass is 476 g/mol. The van der Waals surface area contributed by atoms with E-state index in [1.165, 1.54) is 40.7 Å². The van der Waals surface area contributed by atoms with Crippen molar-refractivity contribution in [1.29, 1.82) is 0 Å². The number of anilines is 1. The molecule has 2 N–H and O–H groups in total. The van der Waals surface area contributed by atoms with Crippen molar-refractivity contribution in [3.05, 3.63) is 78.1 Å². The standard InChI is InChI=1S/C27H29FN4O3/c1-27(20-9-11-21(28)12-10-20)25(34)32(26(35)29-27)18-22(33)17-30-13-15-31(16-14-30)24-8-4-6-19-5-2-3-7-23(19)24/h2-12,22,33H,13-18H2,1H3,(H,29,35). The van der Waals surface area contributed by atoms with E-state index in [-0.39, 0.29) is 6.54 Å². The summed E-state index contributed by atoms with van der Waals surface area (Å²) in [5.41, 5.74) is 0.427. The van der Waals surface area contributed by atoms with E-state index in [1.807, 2.05) is 6.07 Å². The van der Waals surface area contributed by atoms with Gasteiger partial charge in [-0.3, -0.25) is 14.6 Å². The molecule has 2 atom stereocenters. The SMILES string of the molecule is CC1(c2ccc(F)cc2)NC(=O)N(CC(O)CN2CCN(c3cccc4ccccc34)CC2)C1=O. The highest BCUT2D eigenvalue weighted by atomic mass is 19.1. The number of aliphatic hydroxyl groups excluding tert-OH is 1. The highest BCUT2D eigenvalue weighted by molar-refractivity contribution is 6.07. The van der Waals surface area contributed by atoms with Crippen molar-refractivity contribution in [3.8, 4) is 0 Å². The van der Waals surface area contributed by atoms with Gasteiger partial charge in [-0.25, -0.2) is 9.18 Å². The lowest BCUT2D eigenvalue weighted by Crippen LogP contribution is -2.50. The van der Waals surface area contributed by atoms with Gasteiger partial charge in [-0.15, -0.1) is 0 Å². The van der Waals surface area contributed by atoms with Crippen molar-refractivity contribution in [2.45, 2.75) is 18.6 Å². The Bertz CT molecular complexity index is 1240. The summed E-state index contributed by atoms with van der Waals surface area (Å²) >= 11 is 0. The van der Waals surface area contributed by atoms with Gasteiger partial charge in [0.05, 0.1) is 12.6 Å². The molecular weight excluding hydrogens is 447 g/mol. The number of hydrogen-bond donors (Lipinski definition) is 2. The van der Waals surface area contributed by atoms with Crippen LogP contribution in [0.2, 0.25) is 0 Å². The topological polar surface area (TPSA) is 76.1 Å². The number of imide groups is 1. The van der Waals surface area contributed by atoms with Gasteiger partial charge in [0.1, 0.15) is 11.4 Å². The first-order chi connectivity index (χ1) is 16.8.